The Balaban J connectivity index is 2.51. The molecule has 1 rings (SSSR count). The molecule has 6 nitrogen and oxygen atoms in total. The molecule has 0 bridgehead atoms. The summed E-state index contributed by atoms with van der Waals surface area (Å²) < 4.78 is 0. The van der Waals surface area contributed by atoms with Crippen molar-refractivity contribution < 1.29 is 20.1 Å². The van der Waals surface area contributed by atoms with E-state index < -0.39 is 18.7 Å². The van der Waals surface area contributed by atoms with Gasteiger partial charge in [-0.1, -0.05) is 0 Å². The SMILES string of the molecule is O=C1N[C@H](O)CCN1C(O)O. The number of nitrogens with one attached hydrogen (secondary N) is 1. The van der Waals surface area contributed by atoms with E-state index in [2.05, 4.69) is 5.32 Å². The van der Waals surface area contributed by atoms with Crippen LogP contribution in [0.1, 0.15) is 6.42 Å². The number of aliphatic hydroxyl groups excluding tert-OH is 2. The number of urea groups is 1. The lowest BCUT2D eigenvalue weighted by atomic mass is 10.3. The molecule has 0 unspecified atom stereocenters. The third kappa shape index (κ3) is 1.79. The molecular weight excluding hydrogens is 152 g/mol. The standard InChI is InChI=1S/C5H10N2O4/c8-3-1-2-7(5(10)11)4(9)6-3/h3,5,8,10-11H,1-2H2,(H,6,9)/t3-/m1/s1. The minimum Gasteiger partial charge on any atom is -0.374 e. The average Bonchev–Trinajstić information content (AvgIpc) is 1.85. The minimum absolute atomic E-state index is 0.144. The Hall–Kier alpha value is -0.850. The maximum Gasteiger partial charge on any atom is 0.323 e. The second-order valence-corrected chi connectivity index (χ2v) is 2.29. The van der Waals surface area contributed by atoms with Gasteiger partial charge >= 0.3 is 6.03 Å². The van der Waals surface area contributed by atoms with Crippen molar-refractivity contribution in [2.24, 2.45) is 0 Å². The molecule has 0 spiro atoms. The third-order valence-corrected chi connectivity index (χ3v) is 1.47. The highest BCUT2D eigenvalue weighted by Crippen LogP contribution is 2.04. The number of carbonyl (C=O) groups is 1. The van der Waals surface area contributed by atoms with Gasteiger partial charge in [-0.05, 0) is 0 Å². The predicted octanol–water partition coefficient (Wildman–Crippen LogP) is -2.01. The number of aliphatic hydroxyl groups is 3. The van der Waals surface area contributed by atoms with Crippen molar-refractivity contribution in [3.63, 3.8) is 0 Å². The van der Waals surface area contributed by atoms with Crippen LogP contribution in [0.15, 0.2) is 0 Å². The topological polar surface area (TPSA) is 93.0 Å². The van der Waals surface area contributed by atoms with Crippen LogP contribution in [0, 0.1) is 0 Å². The van der Waals surface area contributed by atoms with E-state index >= 15 is 0 Å². The molecule has 1 saturated heterocycles. The van der Waals surface area contributed by atoms with E-state index in [1.165, 1.54) is 0 Å². The molecule has 0 aliphatic carbocycles. The van der Waals surface area contributed by atoms with Crippen molar-refractivity contribution in [2.45, 2.75) is 19.1 Å². The molecule has 0 aromatic rings. The van der Waals surface area contributed by atoms with Crippen LogP contribution in [0.2, 0.25) is 0 Å². The summed E-state index contributed by atoms with van der Waals surface area (Å²) in [4.78, 5) is 11.6. The van der Waals surface area contributed by atoms with Crippen LogP contribution >= 0.6 is 0 Å². The number of nitrogens with zero attached hydrogens (tertiary/aromatic N) is 1. The van der Waals surface area contributed by atoms with Crippen LogP contribution < -0.4 is 5.32 Å². The van der Waals surface area contributed by atoms with E-state index in [0.717, 1.165) is 4.90 Å². The molecule has 0 aromatic heterocycles. The molecule has 64 valence electrons. The lowest BCUT2D eigenvalue weighted by Crippen LogP contribution is -2.55. The lowest BCUT2D eigenvalue weighted by molar-refractivity contribution is -0.141. The monoisotopic (exact) mass is 162 g/mol. The lowest BCUT2D eigenvalue weighted by Gasteiger charge is -2.31. The number of hydrogen-bond acceptors (Lipinski definition) is 4. The van der Waals surface area contributed by atoms with Gasteiger partial charge in [-0.25, -0.2) is 4.79 Å². The Morgan fingerprint density at radius 3 is 2.73 bits per heavy atom. The summed E-state index contributed by atoms with van der Waals surface area (Å²) in [7, 11) is 0. The van der Waals surface area contributed by atoms with E-state index in [9.17, 15) is 4.79 Å². The summed E-state index contributed by atoms with van der Waals surface area (Å²) in [5.74, 6) is 0. The molecule has 1 aliphatic heterocycles. The molecule has 1 atom stereocenters. The van der Waals surface area contributed by atoms with E-state index in [-0.39, 0.29) is 6.54 Å². The third-order valence-electron chi connectivity index (χ3n) is 1.47. The smallest absolute Gasteiger partial charge is 0.323 e. The first-order chi connectivity index (χ1) is 5.11. The zero-order chi connectivity index (χ0) is 8.43. The first-order valence-corrected chi connectivity index (χ1v) is 3.22. The van der Waals surface area contributed by atoms with Gasteiger partial charge in [0.2, 0.25) is 6.41 Å². The van der Waals surface area contributed by atoms with Gasteiger partial charge in [0.05, 0.1) is 0 Å². The van der Waals surface area contributed by atoms with Crippen molar-refractivity contribution in [3.8, 4) is 0 Å². The Morgan fingerprint density at radius 1 is 1.64 bits per heavy atom. The molecule has 1 heterocycles. The highest BCUT2D eigenvalue weighted by molar-refractivity contribution is 5.75. The zero-order valence-electron chi connectivity index (χ0n) is 5.77. The van der Waals surface area contributed by atoms with Gasteiger partial charge in [-0.15, -0.1) is 0 Å². The maximum absolute atomic E-state index is 10.8. The maximum atomic E-state index is 10.8. The van der Waals surface area contributed by atoms with Gasteiger partial charge in [0.15, 0.2) is 0 Å². The molecule has 0 saturated carbocycles. The van der Waals surface area contributed by atoms with Gasteiger partial charge in [-0.3, -0.25) is 4.90 Å². The van der Waals surface area contributed by atoms with E-state index in [4.69, 9.17) is 15.3 Å². The van der Waals surface area contributed by atoms with Crippen LogP contribution in [0.5, 0.6) is 0 Å². The number of hydrogen-bond donors (Lipinski definition) is 4. The molecule has 4 N–H and O–H groups in total. The van der Waals surface area contributed by atoms with Crippen molar-refractivity contribution in [3.05, 3.63) is 0 Å². The van der Waals surface area contributed by atoms with E-state index in [1.54, 1.807) is 0 Å². The summed E-state index contributed by atoms with van der Waals surface area (Å²) in [5, 5.41) is 28.1. The average molecular weight is 162 g/mol. The minimum atomic E-state index is -1.79. The fourth-order valence-corrected chi connectivity index (χ4v) is 0.881. The summed E-state index contributed by atoms with van der Waals surface area (Å²) in [6.07, 6.45) is -2.37. The molecule has 0 radical (unpaired) electrons. The highest BCUT2D eigenvalue weighted by atomic mass is 16.5. The van der Waals surface area contributed by atoms with Gasteiger partial charge in [0, 0.05) is 13.0 Å². The van der Waals surface area contributed by atoms with Gasteiger partial charge < -0.3 is 20.6 Å². The molecular formula is C5H10N2O4. The largest absolute Gasteiger partial charge is 0.374 e. The van der Waals surface area contributed by atoms with E-state index in [0.29, 0.717) is 6.42 Å². The first kappa shape index (κ1) is 8.25. The summed E-state index contributed by atoms with van der Waals surface area (Å²) in [6.45, 7) is 0.144. The quantitative estimate of drug-likeness (QED) is 0.335. The number of carbonyl (C=O) groups excluding carboxylic acids is 1. The van der Waals surface area contributed by atoms with Crippen LogP contribution in [-0.2, 0) is 0 Å². The summed E-state index contributed by atoms with van der Waals surface area (Å²) >= 11 is 0. The van der Waals surface area contributed by atoms with Gasteiger partial charge in [0.25, 0.3) is 0 Å². The molecule has 6 heteroatoms. The fourth-order valence-electron chi connectivity index (χ4n) is 0.881. The Labute approximate surface area is 63.0 Å². The summed E-state index contributed by atoms with van der Waals surface area (Å²) in [5.41, 5.74) is 0. The van der Waals surface area contributed by atoms with Crippen molar-refractivity contribution >= 4 is 6.03 Å². The predicted molar refractivity (Wildman–Crippen MR) is 34.1 cm³/mol. The van der Waals surface area contributed by atoms with Crippen molar-refractivity contribution in [2.75, 3.05) is 6.54 Å². The van der Waals surface area contributed by atoms with Crippen LogP contribution in [0.4, 0.5) is 4.79 Å². The first-order valence-electron chi connectivity index (χ1n) is 3.22. The van der Waals surface area contributed by atoms with Crippen LogP contribution in [-0.4, -0.2) is 45.4 Å². The molecule has 2 amide bonds. The van der Waals surface area contributed by atoms with Crippen molar-refractivity contribution in [1.82, 2.24) is 10.2 Å². The molecule has 0 aromatic carbocycles. The summed E-state index contributed by atoms with van der Waals surface area (Å²) in [6, 6.07) is -0.668. The molecule has 1 aliphatic rings. The van der Waals surface area contributed by atoms with Crippen molar-refractivity contribution in [1.29, 1.82) is 0 Å². The van der Waals surface area contributed by atoms with Gasteiger partial charge in [0.1, 0.15) is 6.23 Å². The zero-order valence-corrected chi connectivity index (χ0v) is 5.77. The fraction of sp³-hybridized carbons (Fsp3) is 0.800. The second kappa shape index (κ2) is 3.04. The van der Waals surface area contributed by atoms with E-state index in [1.807, 2.05) is 0 Å². The number of amides is 2. The molecule has 11 heavy (non-hydrogen) atoms. The Kier molecular flexibility index (Phi) is 2.28. The molecule has 1 fully saturated rings. The second-order valence-electron chi connectivity index (χ2n) is 2.29. The highest BCUT2D eigenvalue weighted by Gasteiger charge is 2.26. The van der Waals surface area contributed by atoms with Crippen LogP contribution in [0.25, 0.3) is 0 Å². The van der Waals surface area contributed by atoms with Crippen LogP contribution in [0.3, 0.4) is 0 Å². The Morgan fingerprint density at radius 2 is 2.27 bits per heavy atom. The Bertz CT molecular complexity index is 161. The normalized spacial score (nSPS) is 25.6. The number of rotatable bonds is 1. The van der Waals surface area contributed by atoms with Gasteiger partial charge in [-0.2, -0.15) is 0 Å².